The quantitative estimate of drug-likeness (QED) is 0.855. The van der Waals surface area contributed by atoms with Gasteiger partial charge in [0.1, 0.15) is 0 Å². The number of benzene rings is 1. The van der Waals surface area contributed by atoms with Gasteiger partial charge in [0.05, 0.1) is 0 Å². The molecule has 0 aliphatic carbocycles. The number of anilines is 1. The summed E-state index contributed by atoms with van der Waals surface area (Å²) in [4.78, 5) is 4.25. The Morgan fingerprint density at radius 2 is 1.80 bits per heavy atom. The number of hydrogen-bond donors (Lipinski definition) is 1. The van der Waals surface area contributed by atoms with E-state index < -0.39 is 7.60 Å². The molecule has 108 valence electrons. The predicted octanol–water partition coefficient (Wildman–Crippen LogP) is 2.80. The van der Waals surface area contributed by atoms with E-state index in [1.165, 1.54) is 14.2 Å². The highest BCUT2D eigenvalue weighted by atomic mass is 31.2. The molecular weight excluding hydrogens is 279 g/mol. The van der Waals surface area contributed by atoms with Gasteiger partial charge in [0.2, 0.25) is 17.2 Å². The molecule has 1 heterocycles. The van der Waals surface area contributed by atoms with E-state index >= 15 is 0 Å². The van der Waals surface area contributed by atoms with E-state index in [-0.39, 0.29) is 11.3 Å². The van der Waals surface area contributed by atoms with Crippen LogP contribution in [0, 0.1) is 6.92 Å². The molecule has 0 spiro atoms. The van der Waals surface area contributed by atoms with Crippen molar-refractivity contribution in [3.05, 3.63) is 29.8 Å². The summed E-state index contributed by atoms with van der Waals surface area (Å²) in [6, 6.07) is 7.67. The molecule has 1 aromatic carbocycles. The molecule has 1 aromatic heterocycles. The summed E-state index contributed by atoms with van der Waals surface area (Å²) in [5.74, 6) is 0.631. The molecule has 0 aliphatic heterocycles. The van der Waals surface area contributed by atoms with Gasteiger partial charge in [0.25, 0.3) is 0 Å². The Kier molecular flexibility index (Phi) is 4.28. The van der Waals surface area contributed by atoms with Crippen LogP contribution >= 0.6 is 7.60 Å². The van der Waals surface area contributed by atoms with E-state index in [2.05, 4.69) is 10.3 Å². The summed E-state index contributed by atoms with van der Waals surface area (Å²) in [6.45, 7) is 1.99. The molecule has 7 heteroatoms. The molecule has 0 saturated heterocycles. The maximum Gasteiger partial charge on any atom is 0.384 e. The monoisotopic (exact) mass is 296 g/mol. The van der Waals surface area contributed by atoms with Crippen LogP contribution in [-0.4, -0.2) is 26.3 Å². The second-order valence-electron chi connectivity index (χ2n) is 4.15. The SMILES string of the molecule is CNc1oc(-c2ccc(C)cc2)nc1P(=O)(OC)OC. The molecule has 0 amide bonds. The third kappa shape index (κ3) is 2.63. The van der Waals surface area contributed by atoms with Gasteiger partial charge in [0, 0.05) is 26.8 Å². The normalized spacial score (nSPS) is 11.6. The van der Waals surface area contributed by atoms with Crippen LogP contribution in [0.5, 0.6) is 0 Å². The largest absolute Gasteiger partial charge is 0.420 e. The smallest absolute Gasteiger partial charge is 0.384 e. The van der Waals surface area contributed by atoms with Crippen molar-refractivity contribution in [1.29, 1.82) is 0 Å². The maximum atomic E-state index is 12.4. The fourth-order valence-electron chi connectivity index (χ4n) is 1.73. The first kappa shape index (κ1) is 14.8. The third-order valence-electron chi connectivity index (χ3n) is 2.87. The molecule has 0 unspecified atom stereocenters. The Hall–Kier alpha value is -1.62. The van der Waals surface area contributed by atoms with Gasteiger partial charge in [-0.15, -0.1) is 0 Å². The van der Waals surface area contributed by atoms with Crippen LogP contribution in [0.1, 0.15) is 5.56 Å². The van der Waals surface area contributed by atoms with Crippen molar-refractivity contribution in [1.82, 2.24) is 4.98 Å². The van der Waals surface area contributed by atoms with Crippen molar-refractivity contribution < 1.29 is 18.0 Å². The van der Waals surface area contributed by atoms with Gasteiger partial charge in [-0.25, -0.2) is 0 Å². The minimum atomic E-state index is -3.46. The van der Waals surface area contributed by atoms with Crippen molar-refractivity contribution in [2.24, 2.45) is 0 Å². The van der Waals surface area contributed by atoms with Gasteiger partial charge in [0.15, 0.2) is 0 Å². The summed E-state index contributed by atoms with van der Waals surface area (Å²) in [5, 5.41) is 2.81. The first-order valence-corrected chi connectivity index (χ1v) is 7.56. The van der Waals surface area contributed by atoms with Crippen LogP contribution in [-0.2, 0) is 13.6 Å². The number of oxazole rings is 1. The van der Waals surface area contributed by atoms with Gasteiger partial charge in [-0.2, -0.15) is 4.98 Å². The molecule has 6 nitrogen and oxygen atoms in total. The van der Waals surface area contributed by atoms with Crippen LogP contribution in [0.15, 0.2) is 28.7 Å². The summed E-state index contributed by atoms with van der Waals surface area (Å²) in [5.41, 5.74) is 2.06. The molecule has 2 aromatic rings. The Morgan fingerprint density at radius 1 is 1.20 bits per heavy atom. The van der Waals surface area contributed by atoms with E-state index in [9.17, 15) is 4.57 Å². The summed E-state index contributed by atoms with van der Waals surface area (Å²) in [6.07, 6.45) is 0. The standard InChI is InChI=1S/C13H17N2O4P/c1-9-5-7-10(8-6-9)11-15-13(12(14-2)19-11)20(16,17-3)18-4/h5-8,14H,1-4H3. The zero-order valence-electron chi connectivity index (χ0n) is 11.8. The van der Waals surface area contributed by atoms with Crippen LogP contribution in [0.3, 0.4) is 0 Å². The van der Waals surface area contributed by atoms with E-state index in [4.69, 9.17) is 13.5 Å². The Labute approximate surface area is 117 Å². The van der Waals surface area contributed by atoms with E-state index in [0.29, 0.717) is 5.89 Å². The lowest BCUT2D eigenvalue weighted by atomic mass is 10.1. The third-order valence-corrected chi connectivity index (χ3v) is 4.66. The number of aromatic nitrogens is 1. The molecule has 0 bridgehead atoms. The second-order valence-corrected chi connectivity index (χ2v) is 6.30. The number of nitrogens with one attached hydrogen (secondary N) is 1. The minimum Gasteiger partial charge on any atom is -0.420 e. The van der Waals surface area contributed by atoms with Crippen LogP contribution < -0.4 is 10.8 Å². The molecule has 0 radical (unpaired) electrons. The maximum absolute atomic E-state index is 12.4. The van der Waals surface area contributed by atoms with Gasteiger partial charge < -0.3 is 18.8 Å². The number of hydrogen-bond acceptors (Lipinski definition) is 6. The van der Waals surface area contributed by atoms with Crippen molar-refractivity contribution in [3.63, 3.8) is 0 Å². The first-order chi connectivity index (χ1) is 9.54. The van der Waals surface area contributed by atoms with E-state index in [1.54, 1.807) is 7.05 Å². The molecular formula is C13H17N2O4P. The summed E-state index contributed by atoms with van der Waals surface area (Å²) >= 11 is 0. The van der Waals surface area contributed by atoms with Crippen molar-refractivity contribution in [2.45, 2.75) is 6.92 Å². The lowest BCUT2D eigenvalue weighted by Gasteiger charge is -2.10. The van der Waals surface area contributed by atoms with Crippen LogP contribution in [0.25, 0.3) is 11.5 Å². The van der Waals surface area contributed by atoms with E-state index in [0.717, 1.165) is 11.1 Å². The van der Waals surface area contributed by atoms with Crippen molar-refractivity contribution in [3.8, 4) is 11.5 Å². The van der Waals surface area contributed by atoms with Gasteiger partial charge in [-0.3, -0.25) is 4.57 Å². The molecule has 1 N–H and O–H groups in total. The second kappa shape index (κ2) is 5.79. The molecule has 0 atom stereocenters. The number of rotatable bonds is 5. The molecule has 20 heavy (non-hydrogen) atoms. The molecule has 2 rings (SSSR count). The fraction of sp³-hybridized carbons (Fsp3) is 0.308. The predicted molar refractivity (Wildman–Crippen MR) is 77.5 cm³/mol. The first-order valence-electron chi connectivity index (χ1n) is 6.01. The number of aryl methyl sites for hydroxylation is 1. The molecule has 0 fully saturated rings. The minimum absolute atomic E-state index is 0.139. The van der Waals surface area contributed by atoms with Crippen LogP contribution in [0.4, 0.5) is 5.88 Å². The lowest BCUT2D eigenvalue weighted by molar-refractivity contribution is 0.286. The summed E-state index contributed by atoms with van der Waals surface area (Å²) in [7, 11) is 0.806. The summed E-state index contributed by atoms with van der Waals surface area (Å²) < 4.78 is 27.9. The number of nitrogens with zero attached hydrogens (tertiary/aromatic N) is 1. The van der Waals surface area contributed by atoms with Gasteiger partial charge in [-0.1, -0.05) is 17.7 Å². The van der Waals surface area contributed by atoms with E-state index in [1.807, 2.05) is 31.2 Å². The average Bonchev–Trinajstić information content (AvgIpc) is 2.92. The topological polar surface area (TPSA) is 73.6 Å². The van der Waals surface area contributed by atoms with Crippen molar-refractivity contribution in [2.75, 3.05) is 26.6 Å². The fourth-order valence-corrected chi connectivity index (χ4v) is 2.84. The highest BCUT2D eigenvalue weighted by Gasteiger charge is 2.33. The van der Waals surface area contributed by atoms with Gasteiger partial charge in [-0.05, 0) is 19.1 Å². The zero-order valence-corrected chi connectivity index (χ0v) is 12.7. The highest BCUT2D eigenvalue weighted by Crippen LogP contribution is 2.47. The zero-order chi connectivity index (χ0) is 14.8. The highest BCUT2D eigenvalue weighted by molar-refractivity contribution is 7.62. The molecule has 0 aliphatic rings. The Bertz CT molecular complexity index is 628. The van der Waals surface area contributed by atoms with Gasteiger partial charge >= 0.3 is 7.60 Å². The van der Waals surface area contributed by atoms with Crippen molar-refractivity contribution >= 4 is 18.9 Å². The Morgan fingerprint density at radius 3 is 2.30 bits per heavy atom. The lowest BCUT2D eigenvalue weighted by Crippen LogP contribution is -2.13. The van der Waals surface area contributed by atoms with Crippen LogP contribution in [0.2, 0.25) is 0 Å². The molecule has 0 saturated carbocycles. The average molecular weight is 296 g/mol. The Balaban J connectivity index is 2.51.